The fourth-order valence-electron chi connectivity index (χ4n) is 2.68. The topological polar surface area (TPSA) is 120 Å². The Labute approximate surface area is 135 Å². The molecule has 1 aliphatic heterocycles. The molecule has 0 unspecified atom stereocenters. The van der Waals surface area contributed by atoms with Crippen molar-refractivity contribution >= 4 is 23.6 Å². The van der Waals surface area contributed by atoms with Crippen molar-refractivity contribution in [3.05, 3.63) is 56.9 Å². The smallest absolute Gasteiger partial charge is 0.337 e. The summed E-state index contributed by atoms with van der Waals surface area (Å²) < 4.78 is 5.78. The summed E-state index contributed by atoms with van der Waals surface area (Å²) in [5, 5.41) is 2.10. The third-order valence-corrected chi connectivity index (χ3v) is 3.81. The van der Waals surface area contributed by atoms with Crippen LogP contribution in [0, 0.1) is 6.92 Å². The number of methoxy groups -OCH3 is 1. The molecule has 0 atom stereocenters. The highest BCUT2D eigenvalue weighted by atomic mass is 16.5. The summed E-state index contributed by atoms with van der Waals surface area (Å²) in [7, 11) is 1.27. The van der Waals surface area contributed by atoms with Gasteiger partial charge >= 0.3 is 5.97 Å². The first-order chi connectivity index (χ1) is 11.3. The second kappa shape index (κ2) is 5.34. The number of imide groups is 1. The first-order valence-corrected chi connectivity index (χ1v) is 6.95. The maximum Gasteiger partial charge on any atom is 0.337 e. The van der Waals surface area contributed by atoms with E-state index in [9.17, 15) is 19.2 Å². The Morgan fingerprint density at radius 3 is 2.50 bits per heavy atom. The first kappa shape index (κ1) is 15.5. The van der Waals surface area contributed by atoms with E-state index in [1.54, 1.807) is 13.0 Å². The van der Waals surface area contributed by atoms with Crippen molar-refractivity contribution in [3.8, 4) is 5.69 Å². The zero-order chi connectivity index (χ0) is 17.6. The number of nitrogens with two attached hydrogens (primary N) is 1. The van der Waals surface area contributed by atoms with Crippen LogP contribution in [0.25, 0.3) is 5.69 Å². The quantitative estimate of drug-likeness (QED) is 0.608. The lowest BCUT2D eigenvalue weighted by Gasteiger charge is -2.14. The van der Waals surface area contributed by atoms with Gasteiger partial charge in [0.15, 0.2) is 0 Å². The number of benzene rings is 1. The van der Waals surface area contributed by atoms with E-state index >= 15 is 0 Å². The molecule has 0 saturated carbocycles. The minimum Gasteiger partial charge on any atom is -0.465 e. The number of nitrogen functional groups attached to an aromatic ring is 1. The maximum atomic E-state index is 12.4. The lowest BCUT2D eigenvalue weighted by molar-refractivity contribution is 0.0600. The van der Waals surface area contributed by atoms with E-state index in [0.29, 0.717) is 16.8 Å². The van der Waals surface area contributed by atoms with Crippen LogP contribution in [0.5, 0.6) is 0 Å². The number of aromatic nitrogens is 1. The molecule has 2 amide bonds. The highest BCUT2D eigenvalue weighted by molar-refractivity contribution is 6.23. The molecule has 0 aliphatic carbocycles. The Morgan fingerprint density at radius 2 is 1.88 bits per heavy atom. The zero-order valence-electron chi connectivity index (χ0n) is 12.9. The molecule has 8 nitrogen and oxygen atoms in total. The van der Waals surface area contributed by atoms with Crippen LogP contribution in [-0.4, -0.2) is 29.5 Å². The number of carbonyl (C=O) groups is 3. The van der Waals surface area contributed by atoms with Gasteiger partial charge in [0.1, 0.15) is 5.82 Å². The number of nitrogens with one attached hydrogen (secondary N) is 1. The van der Waals surface area contributed by atoms with Crippen molar-refractivity contribution in [1.82, 2.24) is 9.88 Å². The van der Waals surface area contributed by atoms with E-state index in [4.69, 9.17) is 5.73 Å². The minimum absolute atomic E-state index is 0.0314. The highest BCUT2D eigenvalue weighted by Gasteiger charge is 2.32. The number of nitrogens with zero attached hydrogens (tertiary/aromatic N) is 1. The molecule has 1 aromatic carbocycles. The molecule has 1 aliphatic rings. The van der Waals surface area contributed by atoms with Crippen molar-refractivity contribution in [1.29, 1.82) is 0 Å². The van der Waals surface area contributed by atoms with E-state index in [1.807, 2.05) is 0 Å². The molecule has 8 heteroatoms. The molecule has 0 spiro atoms. The molecule has 0 bridgehead atoms. The number of carbonyl (C=O) groups excluding carboxylic acids is 3. The van der Waals surface area contributed by atoms with Gasteiger partial charge in [0, 0.05) is 6.07 Å². The highest BCUT2D eigenvalue weighted by Crippen LogP contribution is 2.24. The van der Waals surface area contributed by atoms with Crippen molar-refractivity contribution < 1.29 is 19.1 Å². The molecule has 1 aromatic heterocycles. The van der Waals surface area contributed by atoms with Crippen molar-refractivity contribution in [2.45, 2.75) is 6.92 Å². The van der Waals surface area contributed by atoms with Gasteiger partial charge in [-0.2, -0.15) is 0 Å². The van der Waals surface area contributed by atoms with E-state index in [2.05, 4.69) is 10.1 Å². The van der Waals surface area contributed by atoms with Crippen LogP contribution in [0.15, 0.2) is 29.1 Å². The van der Waals surface area contributed by atoms with Crippen LogP contribution < -0.4 is 16.6 Å². The van der Waals surface area contributed by atoms with Crippen LogP contribution in [0.1, 0.15) is 36.6 Å². The van der Waals surface area contributed by atoms with Gasteiger partial charge in [0.05, 0.1) is 29.5 Å². The summed E-state index contributed by atoms with van der Waals surface area (Å²) in [4.78, 5) is 47.5. The third-order valence-electron chi connectivity index (χ3n) is 3.81. The number of pyridine rings is 1. The lowest BCUT2D eigenvalue weighted by atomic mass is 10.1. The van der Waals surface area contributed by atoms with Gasteiger partial charge in [-0.15, -0.1) is 0 Å². The number of amides is 2. The summed E-state index contributed by atoms with van der Waals surface area (Å²) in [6.07, 6.45) is 0. The summed E-state index contributed by atoms with van der Waals surface area (Å²) >= 11 is 0. The van der Waals surface area contributed by atoms with Gasteiger partial charge in [0.2, 0.25) is 0 Å². The van der Waals surface area contributed by atoms with Crippen LogP contribution in [-0.2, 0) is 4.74 Å². The number of aryl methyl sites for hydroxylation is 1. The molecule has 3 N–H and O–H groups in total. The first-order valence-electron chi connectivity index (χ1n) is 6.95. The third kappa shape index (κ3) is 2.16. The minimum atomic E-state index is -0.649. The van der Waals surface area contributed by atoms with E-state index in [-0.39, 0.29) is 16.9 Å². The Morgan fingerprint density at radius 1 is 1.17 bits per heavy atom. The van der Waals surface area contributed by atoms with Gasteiger partial charge < -0.3 is 10.5 Å². The summed E-state index contributed by atoms with van der Waals surface area (Å²) in [5.41, 5.74) is 6.65. The van der Waals surface area contributed by atoms with Crippen LogP contribution >= 0.6 is 0 Å². The number of rotatable bonds is 2. The van der Waals surface area contributed by atoms with Crippen molar-refractivity contribution in [3.63, 3.8) is 0 Å². The second-order valence-electron chi connectivity index (χ2n) is 5.27. The maximum absolute atomic E-state index is 12.4. The predicted octanol–water partition coefficient (Wildman–Crippen LogP) is 0.398. The molecule has 0 saturated heterocycles. The average Bonchev–Trinajstić information content (AvgIpc) is 2.82. The SMILES string of the molecule is COC(=O)c1ccc(-n2c(N)c3c(cc2=O)C(=O)NC3=O)c(C)c1. The fraction of sp³-hybridized carbons (Fsp3) is 0.125. The van der Waals surface area contributed by atoms with Crippen molar-refractivity contribution in [2.24, 2.45) is 0 Å². The normalized spacial score (nSPS) is 12.8. The van der Waals surface area contributed by atoms with E-state index in [0.717, 1.165) is 10.6 Å². The summed E-state index contributed by atoms with van der Waals surface area (Å²) in [6, 6.07) is 5.63. The molecule has 122 valence electrons. The molecule has 2 aromatic rings. The molecule has 3 rings (SSSR count). The summed E-state index contributed by atoms with van der Waals surface area (Å²) in [5.74, 6) is -1.94. The Bertz CT molecular complexity index is 974. The van der Waals surface area contributed by atoms with Gasteiger partial charge in [-0.05, 0) is 30.7 Å². The second-order valence-corrected chi connectivity index (χ2v) is 5.27. The average molecular weight is 327 g/mol. The Balaban J connectivity index is 2.24. The van der Waals surface area contributed by atoms with E-state index in [1.165, 1.54) is 19.2 Å². The number of ether oxygens (including phenoxy) is 1. The number of hydrogen-bond acceptors (Lipinski definition) is 6. The Hall–Kier alpha value is -3.42. The van der Waals surface area contributed by atoms with Crippen LogP contribution in [0.2, 0.25) is 0 Å². The largest absolute Gasteiger partial charge is 0.465 e. The molecular formula is C16H13N3O5. The Kier molecular flexibility index (Phi) is 3.44. The fourth-order valence-corrected chi connectivity index (χ4v) is 2.68. The standard InChI is InChI=1S/C16H13N3O5/c1-7-5-8(16(23)24-2)3-4-10(7)19-11(20)6-9-12(13(19)17)15(22)18-14(9)21/h3-6H,17H2,1-2H3,(H,18,21,22). The number of fused-ring (bicyclic) bond motifs is 1. The number of hydrogen-bond donors (Lipinski definition) is 2. The zero-order valence-corrected chi connectivity index (χ0v) is 12.9. The lowest BCUT2D eigenvalue weighted by Crippen LogP contribution is -2.24. The molecule has 0 radical (unpaired) electrons. The number of anilines is 1. The van der Waals surface area contributed by atoms with Gasteiger partial charge in [-0.25, -0.2) is 4.79 Å². The summed E-state index contributed by atoms with van der Waals surface area (Å²) in [6.45, 7) is 1.69. The van der Waals surface area contributed by atoms with E-state index < -0.39 is 23.3 Å². The number of esters is 1. The van der Waals surface area contributed by atoms with Crippen LogP contribution in [0.3, 0.4) is 0 Å². The molecule has 2 heterocycles. The van der Waals surface area contributed by atoms with Gasteiger partial charge in [-0.1, -0.05) is 0 Å². The van der Waals surface area contributed by atoms with Gasteiger partial charge in [0.25, 0.3) is 17.4 Å². The van der Waals surface area contributed by atoms with Gasteiger partial charge in [-0.3, -0.25) is 24.3 Å². The molecule has 0 fully saturated rings. The monoisotopic (exact) mass is 327 g/mol. The molecule has 24 heavy (non-hydrogen) atoms. The van der Waals surface area contributed by atoms with Crippen LogP contribution in [0.4, 0.5) is 5.82 Å². The predicted molar refractivity (Wildman–Crippen MR) is 84.3 cm³/mol. The van der Waals surface area contributed by atoms with Crippen molar-refractivity contribution in [2.75, 3.05) is 12.8 Å². The molecular weight excluding hydrogens is 314 g/mol.